The van der Waals surface area contributed by atoms with Gasteiger partial charge < -0.3 is 4.90 Å². The van der Waals surface area contributed by atoms with Gasteiger partial charge in [0.15, 0.2) is 0 Å². The second-order valence-corrected chi connectivity index (χ2v) is 5.65. The van der Waals surface area contributed by atoms with Gasteiger partial charge in [0.05, 0.1) is 0 Å². The van der Waals surface area contributed by atoms with Crippen molar-refractivity contribution in [1.82, 2.24) is 9.88 Å². The molecule has 1 atom stereocenters. The molecule has 0 unspecified atom stereocenters. The van der Waals surface area contributed by atoms with Crippen LogP contribution < -0.4 is 4.90 Å². The Bertz CT molecular complexity index is 387. The van der Waals surface area contributed by atoms with E-state index < -0.39 is 0 Å². The molecule has 18 heavy (non-hydrogen) atoms. The van der Waals surface area contributed by atoms with Crippen LogP contribution in [0.25, 0.3) is 0 Å². The van der Waals surface area contributed by atoms with Crippen LogP contribution in [0.3, 0.4) is 0 Å². The molecule has 1 aliphatic rings. The Kier molecular flexibility index (Phi) is 4.23. The van der Waals surface area contributed by atoms with E-state index in [1.165, 1.54) is 31.4 Å². The normalized spacial score (nSPS) is 21.3. The van der Waals surface area contributed by atoms with Crippen molar-refractivity contribution >= 4 is 5.82 Å². The summed E-state index contributed by atoms with van der Waals surface area (Å²) in [5, 5.41) is 0. The Labute approximate surface area is 111 Å². The Morgan fingerprint density at radius 3 is 2.78 bits per heavy atom. The summed E-state index contributed by atoms with van der Waals surface area (Å²) >= 11 is 0. The average molecular weight is 247 g/mol. The molecule has 100 valence electrons. The highest BCUT2D eigenvalue weighted by Crippen LogP contribution is 2.35. The van der Waals surface area contributed by atoms with Gasteiger partial charge in [0.2, 0.25) is 0 Å². The number of nitrogens with zero attached hydrogens (tertiary/aromatic N) is 3. The van der Waals surface area contributed by atoms with Crippen LogP contribution in [0, 0.1) is 0 Å². The van der Waals surface area contributed by atoms with Crippen LogP contribution in [0.2, 0.25) is 0 Å². The summed E-state index contributed by atoms with van der Waals surface area (Å²) in [5.74, 6) is 1.12. The van der Waals surface area contributed by atoms with Crippen LogP contribution in [0.15, 0.2) is 18.3 Å². The lowest BCUT2D eigenvalue weighted by molar-refractivity contribution is 0.112. The number of anilines is 1. The maximum atomic E-state index is 4.55. The Hall–Kier alpha value is -1.09. The van der Waals surface area contributed by atoms with Gasteiger partial charge in [-0.1, -0.05) is 12.5 Å². The van der Waals surface area contributed by atoms with Gasteiger partial charge in [0, 0.05) is 37.9 Å². The van der Waals surface area contributed by atoms with E-state index in [4.69, 9.17) is 0 Å². The van der Waals surface area contributed by atoms with Crippen LogP contribution in [-0.4, -0.2) is 36.6 Å². The van der Waals surface area contributed by atoms with Gasteiger partial charge >= 0.3 is 0 Å². The van der Waals surface area contributed by atoms with Gasteiger partial charge in [-0.3, -0.25) is 4.90 Å². The van der Waals surface area contributed by atoms with E-state index in [2.05, 4.69) is 54.9 Å². The van der Waals surface area contributed by atoms with Crippen molar-refractivity contribution in [2.75, 3.05) is 25.5 Å². The number of hydrogen-bond acceptors (Lipinski definition) is 3. The van der Waals surface area contributed by atoms with Crippen molar-refractivity contribution in [1.29, 1.82) is 0 Å². The second-order valence-electron chi connectivity index (χ2n) is 5.65. The average Bonchev–Trinajstić information content (AvgIpc) is 2.38. The summed E-state index contributed by atoms with van der Waals surface area (Å²) in [6, 6.07) is 5.44. The molecule has 1 saturated heterocycles. The number of aromatic nitrogens is 1. The first-order valence-corrected chi connectivity index (χ1v) is 6.99. The van der Waals surface area contributed by atoms with Crippen LogP contribution >= 0.6 is 0 Å². The molecule has 1 fully saturated rings. The number of pyridine rings is 1. The first-order chi connectivity index (χ1) is 8.61. The molecule has 1 aliphatic heterocycles. The Morgan fingerprint density at radius 1 is 1.33 bits per heavy atom. The molecule has 0 saturated carbocycles. The van der Waals surface area contributed by atoms with Crippen LogP contribution in [0.5, 0.6) is 0 Å². The van der Waals surface area contributed by atoms with E-state index in [1.807, 2.05) is 6.20 Å². The molecule has 0 bridgehead atoms. The van der Waals surface area contributed by atoms with Crippen molar-refractivity contribution in [3.63, 3.8) is 0 Å². The third-order valence-electron chi connectivity index (χ3n) is 3.81. The number of hydrogen-bond donors (Lipinski definition) is 0. The molecule has 0 spiro atoms. The molecule has 0 aliphatic carbocycles. The third kappa shape index (κ3) is 2.66. The maximum Gasteiger partial charge on any atom is 0.132 e. The molecule has 3 heteroatoms. The quantitative estimate of drug-likeness (QED) is 0.818. The van der Waals surface area contributed by atoms with E-state index in [1.54, 1.807) is 0 Å². The summed E-state index contributed by atoms with van der Waals surface area (Å²) in [5.41, 5.74) is 1.39. The van der Waals surface area contributed by atoms with Gasteiger partial charge in [0.25, 0.3) is 0 Å². The molecule has 1 aromatic rings. The largest absolute Gasteiger partial charge is 0.362 e. The summed E-state index contributed by atoms with van der Waals surface area (Å²) in [6.07, 6.45) is 5.80. The zero-order chi connectivity index (χ0) is 13.1. The summed E-state index contributed by atoms with van der Waals surface area (Å²) in [6.45, 7) is 5.80. The first kappa shape index (κ1) is 13.3. The number of rotatable bonds is 3. The van der Waals surface area contributed by atoms with E-state index in [9.17, 15) is 0 Å². The van der Waals surface area contributed by atoms with Gasteiger partial charge in [-0.2, -0.15) is 0 Å². The van der Waals surface area contributed by atoms with Gasteiger partial charge in [-0.05, 0) is 39.3 Å². The molecular formula is C15H25N3. The zero-order valence-corrected chi connectivity index (χ0v) is 12.1. The molecule has 2 rings (SSSR count). The van der Waals surface area contributed by atoms with Gasteiger partial charge in [-0.15, -0.1) is 0 Å². The predicted molar refractivity (Wildman–Crippen MR) is 77.0 cm³/mol. The highest BCUT2D eigenvalue weighted by molar-refractivity contribution is 5.47. The van der Waals surface area contributed by atoms with E-state index in [0.717, 1.165) is 5.82 Å². The fraction of sp³-hybridized carbons (Fsp3) is 0.667. The van der Waals surface area contributed by atoms with Gasteiger partial charge in [-0.25, -0.2) is 4.98 Å². The minimum absolute atomic E-state index is 0.532. The predicted octanol–water partition coefficient (Wildman–Crippen LogP) is 3.08. The molecule has 3 nitrogen and oxygen atoms in total. The minimum atomic E-state index is 0.532. The zero-order valence-electron chi connectivity index (χ0n) is 12.1. The highest BCUT2D eigenvalue weighted by atomic mass is 15.2. The number of piperidine rings is 1. The molecule has 0 amide bonds. The lowest BCUT2D eigenvalue weighted by Crippen LogP contribution is -2.39. The molecule has 0 radical (unpaired) electrons. The lowest BCUT2D eigenvalue weighted by Gasteiger charge is -2.39. The minimum Gasteiger partial charge on any atom is -0.362 e. The maximum absolute atomic E-state index is 4.55. The summed E-state index contributed by atoms with van der Waals surface area (Å²) < 4.78 is 0. The van der Waals surface area contributed by atoms with E-state index in [0.29, 0.717) is 12.1 Å². The molecule has 0 N–H and O–H groups in total. The SMILES string of the molecule is CC(C)N1CCCC[C@@H]1c1cccnc1N(C)C. The topological polar surface area (TPSA) is 19.4 Å². The summed E-state index contributed by atoms with van der Waals surface area (Å²) in [4.78, 5) is 9.29. The molecule has 2 heterocycles. The monoisotopic (exact) mass is 247 g/mol. The van der Waals surface area contributed by atoms with Crippen molar-refractivity contribution in [3.8, 4) is 0 Å². The van der Waals surface area contributed by atoms with Crippen LogP contribution in [0.4, 0.5) is 5.82 Å². The Balaban J connectivity index is 2.33. The van der Waals surface area contributed by atoms with E-state index >= 15 is 0 Å². The van der Waals surface area contributed by atoms with Crippen LogP contribution in [-0.2, 0) is 0 Å². The van der Waals surface area contributed by atoms with Crippen LogP contribution in [0.1, 0.15) is 44.7 Å². The van der Waals surface area contributed by atoms with Crippen molar-refractivity contribution in [2.24, 2.45) is 0 Å². The second kappa shape index (κ2) is 5.70. The standard InChI is InChI=1S/C15H25N3/c1-12(2)18-11-6-5-9-14(18)13-8-7-10-16-15(13)17(3)4/h7-8,10,12,14H,5-6,9,11H2,1-4H3/t14-/m1/s1. The number of likely N-dealkylation sites (tertiary alicyclic amines) is 1. The Morgan fingerprint density at radius 2 is 2.11 bits per heavy atom. The molecule has 1 aromatic heterocycles. The first-order valence-electron chi connectivity index (χ1n) is 6.99. The third-order valence-corrected chi connectivity index (χ3v) is 3.81. The van der Waals surface area contributed by atoms with Crippen molar-refractivity contribution in [2.45, 2.75) is 45.2 Å². The summed E-state index contributed by atoms with van der Waals surface area (Å²) in [7, 11) is 4.16. The van der Waals surface area contributed by atoms with E-state index in [-0.39, 0.29) is 0 Å². The van der Waals surface area contributed by atoms with Crippen molar-refractivity contribution in [3.05, 3.63) is 23.9 Å². The molecule has 0 aromatic carbocycles. The fourth-order valence-corrected chi connectivity index (χ4v) is 2.95. The lowest BCUT2D eigenvalue weighted by atomic mass is 9.94. The highest BCUT2D eigenvalue weighted by Gasteiger charge is 2.28. The van der Waals surface area contributed by atoms with Crippen molar-refractivity contribution < 1.29 is 0 Å². The molecular weight excluding hydrogens is 222 g/mol. The smallest absolute Gasteiger partial charge is 0.132 e. The van der Waals surface area contributed by atoms with Gasteiger partial charge in [0.1, 0.15) is 5.82 Å². The fourth-order valence-electron chi connectivity index (χ4n) is 2.95.